The Balaban J connectivity index is 1.56. The molecule has 0 aliphatic carbocycles. The molecule has 7 nitrogen and oxygen atoms in total. The Labute approximate surface area is 190 Å². The van der Waals surface area contributed by atoms with Crippen LogP contribution in [0.5, 0.6) is 0 Å². The van der Waals surface area contributed by atoms with Crippen LogP contribution in [-0.4, -0.2) is 43.0 Å². The van der Waals surface area contributed by atoms with Gasteiger partial charge in [-0.15, -0.1) is 0 Å². The van der Waals surface area contributed by atoms with Crippen LogP contribution in [0.1, 0.15) is 31.8 Å². The van der Waals surface area contributed by atoms with Crippen LogP contribution >= 0.6 is 0 Å². The van der Waals surface area contributed by atoms with E-state index in [1.54, 1.807) is 30.3 Å². The first kappa shape index (κ1) is 21.1. The lowest BCUT2D eigenvalue weighted by Gasteiger charge is -2.26. The maximum atomic E-state index is 14.9. The minimum absolute atomic E-state index is 0.0251. The van der Waals surface area contributed by atoms with Crippen LogP contribution in [0.25, 0.3) is 22.3 Å². The van der Waals surface area contributed by atoms with Gasteiger partial charge in [0.05, 0.1) is 0 Å². The number of nitrogens with one attached hydrogen (secondary N) is 3. The molecule has 0 fully saturated rings. The van der Waals surface area contributed by atoms with Crippen molar-refractivity contribution in [1.29, 1.82) is 0 Å². The molecule has 2 aliphatic rings. The number of benzene rings is 2. The van der Waals surface area contributed by atoms with Crippen molar-refractivity contribution in [1.82, 2.24) is 20.9 Å². The molecule has 0 radical (unpaired) electrons. The summed E-state index contributed by atoms with van der Waals surface area (Å²) in [6, 6.07) is 12.5. The molecule has 0 saturated heterocycles. The summed E-state index contributed by atoms with van der Waals surface area (Å²) in [7, 11) is 1.84. The number of rotatable bonds is 4. The zero-order valence-corrected chi connectivity index (χ0v) is 18.2. The highest BCUT2D eigenvalue weighted by atomic mass is 19.1. The summed E-state index contributed by atoms with van der Waals surface area (Å²) in [5.74, 6) is -0.801. The molecule has 3 heterocycles. The van der Waals surface area contributed by atoms with Crippen molar-refractivity contribution in [3.8, 4) is 22.3 Å². The van der Waals surface area contributed by atoms with Gasteiger partial charge < -0.3 is 21.7 Å². The summed E-state index contributed by atoms with van der Waals surface area (Å²) >= 11 is 0. The summed E-state index contributed by atoms with van der Waals surface area (Å²) in [6.45, 7) is 1.22. The van der Waals surface area contributed by atoms with E-state index in [4.69, 9.17) is 5.73 Å². The van der Waals surface area contributed by atoms with E-state index >= 15 is 0 Å². The molecule has 2 amide bonds. The Morgan fingerprint density at radius 2 is 1.70 bits per heavy atom. The Hall–Kier alpha value is -3.78. The van der Waals surface area contributed by atoms with E-state index in [9.17, 15) is 14.0 Å². The second-order valence-corrected chi connectivity index (χ2v) is 8.44. The highest BCUT2D eigenvalue weighted by Gasteiger charge is 2.25. The van der Waals surface area contributed by atoms with Crippen LogP contribution in [-0.2, 0) is 12.8 Å². The molecule has 0 saturated carbocycles. The topological polar surface area (TPSA) is 109 Å². The van der Waals surface area contributed by atoms with Gasteiger partial charge in [0.15, 0.2) is 0 Å². The summed E-state index contributed by atoms with van der Waals surface area (Å²) in [5, 5.41) is 8.88. The van der Waals surface area contributed by atoms with Gasteiger partial charge in [0.1, 0.15) is 5.82 Å². The van der Waals surface area contributed by atoms with Crippen LogP contribution in [0.2, 0.25) is 0 Å². The molecule has 5 N–H and O–H groups in total. The number of likely N-dealkylation sites (N-methyl/N-ethyl adjacent to an activating group) is 1. The third kappa shape index (κ3) is 3.82. The minimum Gasteiger partial charge on any atom is -0.383 e. The lowest BCUT2D eigenvalue weighted by molar-refractivity contribution is 0.0922. The monoisotopic (exact) mass is 445 g/mol. The van der Waals surface area contributed by atoms with Crippen molar-refractivity contribution in [2.75, 3.05) is 25.9 Å². The van der Waals surface area contributed by atoms with Gasteiger partial charge in [-0.05, 0) is 60.3 Å². The molecule has 5 rings (SSSR count). The van der Waals surface area contributed by atoms with E-state index in [0.29, 0.717) is 47.3 Å². The zero-order chi connectivity index (χ0) is 23.1. The molecule has 2 aliphatic heterocycles. The quantitative estimate of drug-likeness (QED) is 0.461. The predicted molar refractivity (Wildman–Crippen MR) is 124 cm³/mol. The summed E-state index contributed by atoms with van der Waals surface area (Å²) < 4.78 is 14.9. The number of nitrogens with zero attached hydrogens (tertiary/aromatic N) is 1. The molecule has 0 bridgehead atoms. The first-order valence-corrected chi connectivity index (χ1v) is 10.9. The van der Waals surface area contributed by atoms with Gasteiger partial charge in [0, 0.05) is 41.4 Å². The average Bonchev–Trinajstić information content (AvgIpc) is 2.79. The van der Waals surface area contributed by atoms with Gasteiger partial charge in [-0.1, -0.05) is 24.3 Å². The van der Waals surface area contributed by atoms with Crippen LogP contribution in [0.3, 0.4) is 0 Å². The van der Waals surface area contributed by atoms with Crippen molar-refractivity contribution >= 4 is 17.6 Å². The molecule has 33 heavy (non-hydrogen) atoms. The second-order valence-electron chi connectivity index (χ2n) is 8.44. The number of amides is 2. The number of anilines is 1. The van der Waals surface area contributed by atoms with E-state index in [1.807, 2.05) is 19.2 Å². The average molecular weight is 445 g/mol. The number of pyridine rings is 1. The van der Waals surface area contributed by atoms with Gasteiger partial charge in [-0.25, -0.2) is 4.98 Å². The standard InChI is InChI=1S/C25H24FN5O2/c1-28-12-17-10-16-9-13(2-5-19(16)25(33)30-17)20-11-21(23(27)31-22(20)26)14-3-4-18-15(8-14)6-7-29-24(18)32/h2-5,8-9,11,17,28H,6-7,10,12H2,1H3,(H2,27,31)(H,29,32)(H,30,33). The molecule has 1 atom stereocenters. The number of carbonyl (C=O) groups excluding carboxylic acids is 2. The SMILES string of the molecule is CNCC1Cc2cc(-c3cc(-c4ccc5c(c4)CCNC5=O)c(N)nc3F)ccc2C(=O)N1. The van der Waals surface area contributed by atoms with Crippen LogP contribution in [0.4, 0.5) is 10.2 Å². The normalized spacial score (nSPS) is 17.1. The van der Waals surface area contributed by atoms with E-state index in [2.05, 4.69) is 20.9 Å². The van der Waals surface area contributed by atoms with Gasteiger partial charge in [-0.2, -0.15) is 4.39 Å². The van der Waals surface area contributed by atoms with E-state index in [0.717, 1.165) is 23.1 Å². The second kappa shape index (κ2) is 8.29. The molecule has 3 aromatic rings. The maximum absolute atomic E-state index is 14.9. The third-order valence-electron chi connectivity index (χ3n) is 6.26. The van der Waals surface area contributed by atoms with Crippen LogP contribution in [0.15, 0.2) is 42.5 Å². The molecule has 0 spiro atoms. The fourth-order valence-corrected chi connectivity index (χ4v) is 4.63. The summed E-state index contributed by atoms with van der Waals surface area (Å²) in [4.78, 5) is 28.5. The Kier molecular flexibility index (Phi) is 5.30. The number of hydrogen-bond acceptors (Lipinski definition) is 5. The van der Waals surface area contributed by atoms with Gasteiger partial charge in [0.2, 0.25) is 5.95 Å². The van der Waals surface area contributed by atoms with Gasteiger partial charge in [0.25, 0.3) is 11.8 Å². The minimum atomic E-state index is -0.666. The van der Waals surface area contributed by atoms with Gasteiger partial charge in [-0.3, -0.25) is 9.59 Å². The molecule has 1 aromatic heterocycles. The fraction of sp³-hybridized carbons (Fsp3) is 0.240. The van der Waals surface area contributed by atoms with Crippen molar-refractivity contribution in [3.05, 3.63) is 70.7 Å². The number of carbonyl (C=O) groups is 2. The largest absolute Gasteiger partial charge is 0.383 e. The fourth-order valence-electron chi connectivity index (χ4n) is 4.63. The van der Waals surface area contributed by atoms with Gasteiger partial charge >= 0.3 is 0 Å². The van der Waals surface area contributed by atoms with Crippen molar-refractivity contribution < 1.29 is 14.0 Å². The molecular weight excluding hydrogens is 421 g/mol. The number of nitrogens with two attached hydrogens (primary N) is 1. The Morgan fingerprint density at radius 1 is 1.00 bits per heavy atom. The van der Waals surface area contributed by atoms with Crippen molar-refractivity contribution in [3.63, 3.8) is 0 Å². The summed E-state index contributed by atoms with van der Waals surface area (Å²) in [6.07, 6.45) is 1.37. The number of halogens is 1. The molecular formula is C25H24FN5O2. The highest BCUT2D eigenvalue weighted by Crippen LogP contribution is 2.34. The molecule has 1 unspecified atom stereocenters. The smallest absolute Gasteiger partial charge is 0.251 e. The van der Waals surface area contributed by atoms with Crippen molar-refractivity contribution in [2.24, 2.45) is 0 Å². The third-order valence-corrected chi connectivity index (χ3v) is 6.26. The molecule has 8 heteroatoms. The van der Waals surface area contributed by atoms with E-state index in [-0.39, 0.29) is 23.7 Å². The number of nitrogen functional groups attached to an aromatic ring is 1. The first-order valence-electron chi connectivity index (χ1n) is 10.9. The van der Waals surface area contributed by atoms with E-state index < -0.39 is 5.95 Å². The Morgan fingerprint density at radius 3 is 2.45 bits per heavy atom. The first-order chi connectivity index (χ1) is 15.9. The lowest BCUT2D eigenvalue weighted by Crippen LogP contribution is -2.46. The van der Waals surface area contributed by atoms with E-state index in [1.165, 1.54) is 0 Å². The molecule has 168 valence electrons. The maximum Gasteiger partial charge on any atom is 0.251 e. The number of hydrogen-bond donors (Lipinski definition) is 4. The highest BCUT2D eigenvalue weighted by molar-refractivity contribution is 5.98. The zero-order valence-electron chi connectivity index (χ0n) is 18.2. The van der Waals surface area contributed by atoms with Crippen LogP contribution < -0.4 is 21.7 Å². The predicted octanol–water partition coefficient (Wildman–Crippen LogP) is 2.30. The lowest BCUT2D eigenvalue weighted by atomic mass is 9.90. The number of fused-ring (bicyclic) bond motifs is 2. The van der Waals surface area contributed by atoms with Crippen molar-refractivity contribution in [2.45, 2.75) is 18.9 Å². The summed E-state index contributed by atoms with van der Waals surface area (Å²) in [5.41, 5.74) is 11.5. The Bertz CT molecular complexity index is 1290. The number of aromatic nitrogens is 1. The van der Waals surface area contributed by atoms with Crippen LogP contribution in [0, 0.1) is 5.95 Å². The molecule has 2 aromatic carbocycles.